The number of carbonyl (C=O) groups is 1. The van der Waals surface area contributed by atoms with Gasteiger partial charge < -0.3 is 10.1 Å². The van der Waals surface area contributed by atoms with Crippen LogP contribution in [0.25, 0.3) is 0 Å². The highest BCUT2D eigenvalue weighted by Crippen LogP contribution is 2.33. The zero-order valence-corrected chi connectivity index (χ0v) is 16.4. The molecule has 2 rings (SSSR count). The molecule has 1 unspecified atom stereocenters. The molecule has 0 aromatic heterocycles. The maximum atomic E-state index is 12.0. The lowest BCUT2D eigenvalue weighted by Gasteiger charge is -2.27. The first-order valence-electron chi connectivity index (χ1n) is 7.01. The summed E-state index contributed by atoms with van der Waals surface area (Å²) in [5.41, 5.74) is 1.27. The molecule has 2 aromatic rings. The molecule has 2 N–H and O–H groups in total. The quantitative estimate of drug-likeness (QED) is 0.439. The molecule has 1 atom stereocenters. The number of alkyl halides is 3. The third-order valence-corrected chi connectivity index (χ3v) is 4.24. The Hall–Kier alpha value is -1.04. The molecule has 0 fully saturated rings. The number of hydrogen-bond acceptors (Lipinski definition) is 3. The molecular formula is C16H13Cl5N2O2. The summed E-state index contributed by atoms with van der Waals surface area (Å²) in [6.45, 7) is 0.0843. The summed E-state index contributed by atoms with van der Waals surface area (Å²) in [6, 6.07) is 13.9. The normalized spacial score (nSPS) is 12.4. The second-order valence-corrected chi connectivity index (χ2v) is 8.16. The Morgan fingerprint density at radius 2 is 1.76 bits per heavy atom. The molecule has 0 aliphatic carbocycles. The van der Waals surface area contributed by atoms with Crippen LogP contribution in [-0.4, -0.2) is 16.1 Å². The lowest BCUT2D eigenvalue weighted by molar-refractivity contribution is 0.137. The van der Waals surface area contributed by atoms with Crippen LogP contribution in [0.15, 0.2) is 48.5 Å². The molecule has 0 bridgehead atoms. The summed E-state index contributed by atoms with van der Waals surface area (Å²) in [5, 5.41) is 6.07. The van der Waals surface area contributed by atoms with Crippen molar-refractivity contribution in [3.8, 4) is 0 Å². The van der Waals surface area contributed by atoms with Crippen LogP contribution in [-0.2, 0) is 11.3 Å². The standard InChI is InChI=1S/C16H13Cl5N2O2/c17-11-6-7-13(12(18)8-11)22-14(16(19,20)21)23-15(24)25-9-10-4-2-1-3-5-10/h1-8,14,22H,9H2,(H,23,24). The van der Waals surface area contributed by atoms with Crippen molar-refractivity contribution in [3.05, 3.63) is 64.1 Å². The van der Waals surface area contributed by atoms with Gasteiger partial charge in [-0.1, -0.05) is 88.3 Å². The molecule has 2 aromatic carbocycles. The zero-order chi connectivity index (χ0) is 18.4. The average Bonchev–Trinajstić information content (AvgIpc) is 2.54. The predicted octanol–water partition coefficient (Wildman–Crippen LogP) is 6.03. The fourth-order valence-electron chi connectivity index (χ4n) is 1.84. The Kier molecular flexibility index (Phi) is 7.35. The second kappa shape index (κ2) is 9.06. The Morgan fingerprint density at radius 3 is 2.36 bits per heavy atom. The molecule has 9 heteroatoms. The maximum Gasteiger partial charge on any atom is 0.409 e. The van der Waals surface area contributed by atoms with Crippen LogP contribution < -0.4 is 10.6 Å². The first-order valence-corrected chi connectivity index (χ1v) is 8.90. The van der Waals surface area contributed by atoms with Gasteiger partial charge in [-0.3, -0.25) is 5.32 Å². The van der Waals surface area contributed by atoms with Gasteiger partial charge >= 0.3 is 6.09 Å². The summed E-state index contributed by atoms with van der Waals surface area (Å²) in [6.07, 6.45) is -1.84. The fourth-order valence-corrected chi connectivity index (χ4v) is 2.63. The minimum absolute atomic E-state index is 0.0843. The molecule has 0 saturated heterocycles. The molecule has 0 radical (unpaired) electrons. The van der Waals surface area contributed by atoms with Gasteiger partial charge in [0.25, 0.3) is 0 Å². The van der Waals surface area contributed by atoms with Crippen LogP contribution in [0.2, 0.25) is 10.0 Å². The van der Waals surface area contributed by atoms with Crippen molar-refractivity contribution >= 4 is 69.8 Å². The SMILES string of the molecule is O=C(NC(Nc1ccc(Cl)cc1Cl)C(Cl)(Cl)Cl)OCc1ccccc1. The molecule has 0 aliphatic heterocycles. The molecule has 134 valence electrons. The summed E-state index contributed by atoms with van der Waals surface area (Å²) in [7, 11) is 0. The summed E-state index contributed by atoms with van der Waals surface area (Å²) < 4.78 is 3.27. The number of alkyl carbamates (subject to hydrolysis) is 1. The minimum atomic E-state index is -1.85. The van der Waals surface area contributed by atoms with Crippen molar-refractivity contribution < 1.29 is 9.53 Å². The van der Waals surface area contributed by atoms with E-state index in [4.69, 9.17) is 62.7 Å². The molecular weight excluding hydrogens is 429 g/mol. The van der Waals surface area contributed by atoms with Crippen LogP contribution in [0.1, 0.15) is 5.56 Å². The van der Waals surface area contributed by atoms with Gasteiger partial charge in [0, 0.05) is 5.02 Å². The van der Waals surface area contributed by atoms with E-state index >= 15 is 0 Å². The van der Waals surface area contributed by atoms with E-state index in [-0.39, 0.29) is 6.61 Å². The largest absolute Gasteiger partial charge is 0.445 e. The highest BCUT2D eigenvalue weighted by atomic mass is 35.6. The zero-order valence-electron chi connectivity index (χ0n) is 12.6. The smallest absolute Gasteiger partial charge is 0.409 e. The first kappa shape index (κ1) is 20.3. The van der Waals surface area contributed by atoms with E-state index in [1.165, 1.54) is 6.07 Å². The van der Waals surface area contributed by atoms with E-state index in [0.29, 0.717) is 15.7 Å². The minimum Gasteiger partial charge on any atom is -0.445 e. The third-order valence-electron chi connectivity index (χ3n) is 3.03. The van der Waals surface area contributed by atoms with E-state index in [1.807, 2.05) is 30.3 Å². The van der Waals surface area contributed by atoms with Gasteiger partial charge in [0.2, 0.25) is 3.79 Å². The van der Waals surface area contributed by atoms with Gasteiger partial charge in [0.1, 0.15) is 12.8 Å². The number of halogens is 5. The summed E-state index contributed by atoms with van der Waals surface area (Å²) in [4.78, 5) is 12.0. The highest BCUT2D eigenvalue weighted by molar-refractivity contribution is 6.68. The van der Waals surface area contributed by atoms with E-state index in [2.05, 4.69) is 10.6 Å². The maximum absolute atomic E-state index is 12.0. The van der Waals surface area contributed by atoms with Gasteiger partial charge in [-0.25, -0.2) is 4.79 Å². The average molecular weight is 443 g/mol. The van der Waals surface area contributed by atoms with Crippen LogP contribution in [0.3, 0.4) is 0 Å². The number of amides is 1. The Morgan fingerprint density at radius 1 is 1.08 bits per heavy atom. The Balaban J connectivity index is 2.01. The number of ether oxygens (including phenoxy) is 1. The molecule has 0 heterocycles. The van der Waals surface area contributed by atoms with E-state index in [0.717, 1.165) is 5.56 Å². The fraction of sp³-hybridized carbons (Fsp3) is 0.188. The number of rotatable bonds is 5. The number of carbonyl (C=O) groups excluding carboxylic acids is 1. The van der Waals surface area contributed by atoms with Crippen molar-refractivity contribution in [1.29, 1.82) is 0 Å². The first-order chi connectivity index (χ1) is 11.8. The van der Waals surface area contributed by atoms with Crippen molar-refractivity contribution in [2.24, 2.45) is 0 Å². The summed E-state index contributed by atoms with van der Waals surface area (Å²) >= 11 is 29.7. The topological polar surface area (TPSA) is 50.4 Å². The number of hydrogen-bond donors (Lipinski definition) is 2. The summed E-state index contributed by atoms with van der Waals surface area (Å²) in [5.74, 6) is 0. The molecule has 1 amide bonds. The van der Waals surface area contributed by atoms with Crippen molar-refractivity contribution in [2.75, 3.05) is 5.32 Å². The molecule has 4 nitrogen and oxygen atoms in total. The van der Waals surface area contributed by atoms with Gasteiger partial charge in [-0.2, -0.15) is 0 Å². The molecule has 0 aliphatic rings. The Labute approximate surface area is 170 Å². The highest BCUT2D eigenvalue weighted by Gasteiger charge is 2.35. The Bertz CT molecular complexity index is 722. The van der Waals surface area contributed by atoms with Crippen molar-refractivity contribution in [1.82, 2.24) is 5.32 Å². The lowest BCUT2D eigenvalue weighted by Crippen LogP contribution is -2.49. The molecule has 0 spiro atoms. The lowest BCUT2D eigenvalue weighted by atomic mass is 10.2. The van der Waals surface area contributed by atoms with Crippen LogP contribution >= 0.6 is 58.0 Å². The van der Waals surface area contributed by atoms with Crippen LogP contribution in [0, 0.1) is 0 Å². The second-order valence-electron chi connectivity index (χ2n) is 4.95. The van der Waals surface area contributed by atoms with Crippen LogP contribution in [0.5, 0.6) is 0 Å². The van der Waals surface area contributed by atoms with Gasteiger partial charge in [0.05, 0.1) is 10.7 Å². The van der Waals surface area contributed by atoms with Crippen molar-refractivity contribution in [2.45, 2.75) is 16.6 Å². The third kappa shape index (κ3) is 6.65. The number of anilines is 1. The monoisotopic (exact) mass is 440 g/mol. The van der Waals surface area contributed by atoms with E-state index in [1.54, 1.807) is 12.1 Å². The van der Waals surface area contributed by atoms with Crippen molar-refractivity contribution in [3.63, 3.8) is 0 Å². The van der Waals surface area contributed by atoms with E-state index < -0.39 is 16.1 Å². The van der Waals surface area contributed by atoms with Gasteiger partial charge in [-0.15, -0.1) is 0 Å². The van der Waals surface area contributed by atoms with Crippen LogP contribution in [0.4, 0.5) is 10.5 Å². The molecule has 0 saturated carbocycles. The predicted molar refractivity (Wildman–Crippen MR) is 104 cm³/mol. The molecule has 25 heavy (non-hydrogen) atoms. The van der Waals surface area contributed by atoms with Gasteiger partial charge in [0.15, 0.2) is 0 Å². The van der Waals surface area contributed by atoms with E-state index in [9.17, 15) is 4.79 Å². The number of nitrogens with one attached hydrogen (secondary N) is 2. The number of benzene rings is 2. The van der Waals surface area contributed by atoms with Gasteiger partial charge in [-0.05, 0) is 23.8 Å².